The summed E-state index contributed by atoms with van der Waals surface area (Å²) in [6, 6.07) is 9.43. The minimum Gasteiger partial charge on any atom is -0.376 e. The summed E-state index contributed by atoms with van der Waals surface area (Å²) in [4.78, 5) is 16.8. The van der Waals surface area contributed by atoms with Crippen LogP contribution in [0.15, 0.2) is 42.6 Å². The lowest BCUT2D eigenvalue weighted by Crippen LogP contribution is -2.31. The van der Waals surface area contributed by atoms with Crippen LogP contribution in [-0.2, 0) is 10.9 Å². The van der Waals surface area contributed by atoms with E-state index in [9.17, 15) is 18.0 Å². The molecule has 0 radical (unpaired) electrons. The highest BCUT2D eigenvalue weighted by atomic mass is 19.4. The van der Waals surface area contributed by atoms with E-state index >= 15 is 0 Å². The lowest BCUT2D eigenvalue weighted by molar-refractivity contribution is -0.142. The standard InChI is InChI=1S/C19H17F3N4O2/c20-19(21,22)16-9-15(12-5-2-1-3-6-12)25-17-14(11-24-26(16)17)18(27)23-10-13-7-4-8-28-13/h1-3,5-6,9,11,13H,4,7-8,10H2,(H,23,27)/t13-/m1/s1. The predicted octanol–water partition coefficient (Wildman–Crippen LogP) is 3.32. The van der Waals surface area contributed by atoms with E-state index in [-0.39, 0.29) is 23.0 Å². The van der Waals surface area contributed by atoms with Crippen LogP contribution in [0.1, 0.15) is 28.9 Å². The first-order valence-electron chi connectivity index (χ1n) is 8.84. The molecule has 3 heterocycles. The zero-order chi connectivity index (χ0) is 19.7. The number of rotatable bonds is 4. The summed E-state index contributed by atoms with van der Waals surface area (Å²) in [5.74, 6) is -0.531. The normalized spacial score (nSPS) is 17.2. The Bertz CT molecular complexity index is 996. The van der Waals surface area contributed by atoms with Gasteiger partial charge in [0.25, 0.3) is 5.91 Å². The molecule has 1 fully saturated rings. The molecule has 9 heteroatoms. The molecule has 2 aromatic heterocycles. The summed E-state index contributed by atoms with van der Waals surface area (Å²) < 4.78 is 46.8. The van der Waals surface area contributed by atoms with Gasteiger partial charge in [0.15, 0.2) is 11.3 Å². The summed E-state index contributed by atoms with van der Waals surface area (Å²) in [5.41, 5.74) is -0.508. The summed E-state index contributed by atoms with van der Waals surface area (Å²) in [5, 5.41) is 6.46. The number of nitrogens with one attached hydrogen (secondary N) is 1. The average Bonchev–Trinajstić information content (AvgIpc) is 3.35. The highest BCUT2D eigenvalue weighted by Gasteiger charge is 2.36. The number of hydrogen-bond acceptors (Lipinski definition) is 4. The van der Waals surface area contributed by atoms with Crippen molar-refractivity contribution in [2.45, 2.75) is 25.1 Å². The van der Waals surface area contributed by atoms with E-state index in [1.54, 1.807) is 30.3 Å². The van der Waals surface area contributed by atoms with Crippen LogP contribution in [0, 0.1) is 0 Å². The Kier molecular flexibility index (Phi) is 4.76. The zero-order valence-corrected chi connectivity index (χ0v) is 14.7. The van der Waals surface area contributed by atoms with Crippen LogP contribution in [0.4, 0.5) is 13.2 Å². The number of benzene rings is 1. The second-order valence-electron chi connectivity index (χ2n) is 6.53. The Morgan fingerprint density at radius 1 is 1.29 bits per heavy atom. The molecule has 1 aliphatic heterocycles. The molecule has 1 aromatic carbocycles. The molecule has 0 bridgehead atoms. The Labute approximate surface area is 158 Å². The maximum Gasteiger partial charge on any atom is 0.433 e. The Balaban J connectivity index is 1.74. The molecular weight excluding hydrogens is 373 g/mol. The van der Waals surface area contributed by atoms with Gasteiger partial charge in [0, 0.05) is 18.7 Å². The molecule has 28 heavy (non-hydrogen) atoms. The molecular formula is C19H17F3N4O2. The van der Waals surface area contributed by atoms with Gasteiger partial charge in [-0.2, -0.15) is 18.3 Å². The number of alkyl halides is 3. The van der Waals surface area contributed by atoms with Gasteiger partial charge in [-0.05, 0) is 18.9 Å². The number of ether oxygens (including phenoxy) is 1. The van der Waals surface area contributed by atoms with Gasteiger partial charge in [0.05, 0.1) is 18.0 Å². The summed E-state index contributed by atoms with van der Waals surface area (Å²) in [7, 11) is 0. The van der Waals surface area contributed by atoms with Crippen molar-refractivity contribution in [3.63, 3.8) is 0 Å². The second-order valence-corrected chi connectivity index (χ2v) is 6.53. The van der Waals surface area contributed by atoms with Gasteiger partial charge in [0.2, 0.25) is 0 Å². The lowest BCUT2D eigenvalue weighted by atomic mass is 10.1. The van der Waals surface area contributed by atoms with Crippen molar-refractivity contribution in [1.82, 2.24) is 19.9 Å². The molecule has 0 unspecified atom stereocenters. The first kappa shape index (κ1) is 18.4. The Morgan fingerprint density at radius 3 is 2.75 bits per heavy atom. The van der Waals surface area contributed by atoms with Crippen molar-refractivity contribution in [3.05, 3.63) is 53.9 Å². The molecule has 1 atom stereocenters. The van der Waals surface area contributed by atoms with E-state index in [4.69, 9.17) is 4.74 Å². The van der Waals surface area contributed by atoms with E-state index in [0.717, 1.165) is 25.1 Å². The molecule has 6 nitrogen and oxygen atoms in total. The molecule has 1 aliphatic rings. The fourth-order valence-corrected chi connectivity index (χ4v) is 3.19. The van der Waals surface area contributed by atoms with Gasteiger partial charge in [-0.3, -0.25) is 4.79 Å². The van der Waals surface area contributed by atoms with Crippen LogP contribution < -0.4 is 5.32 Å². The Morgan fingerprint density at radius 2 is 2.07 bits per heavy atom. The van der Waals surface area contributed by atoms with Crippen LogP contribution >= 0.6 is 0 Å². The Hall–Kier alpha value is -2.94. The van der Waals surface area contributed by atoms with E-state index in [1.165, 1.54) is 0 Å². The first-order chi connectivity index (χ1) is 13.4. The molecule has 1 saturated heterocycles. The SMILES string of the molecule is O=C(NC[C@H]1CCCO1)c1cnn2c(C(F)(F)F)cc(-c3ccccc3)nc12. The van der Waals surface area contributed by atoms with Crippen molar-refractivity contribution in [1.29, 1.82) is 0 Å². The maximum absolute atomic E-state index is 13.6. The predicted molar refractivity (Wildman–Crippen MR) is 94.7 cm³/mol. The maximum atomic E-state index is 13.6. The number of aromatic nitrogens is 3. The molecule has 0 saturated carbocycles. The third kappa shape index (κ3) is 3.57. The smallest absolute Gasteiger partial charge is 0.376 e. The van der Waals surface area contributed by atoms with Crippen LogP contribution in [0.25, 0.3) is 16.9 Å². The van der Waals surface area contributed by atoms with E-state index < -0.39 is 17.8 Å². The minimum absolute atomic E-state index is 0.0127. The number of nitrogens with zero attached hydrogens (tertiary/aromatic N) is 3. The van der Waals surface area contributed by atoms with Crippen LogP contribution in [0.2, 0.25) is 0 Å². The van der Waals surface area contributed by atoms with Crippen LogP contribution in [0.5, 0.6) is 0 Å². The van der Waals surface area contributed by atoms with Gasteiger partial charge in [-0.15, -0.1) is 0 Å². The summed E-state index contributed by atoms with van der Waals surface area (Å²) >= 11 is 0. The van der Waals surface area contributed by atoms with Crippen molar-refractivity contribution in [2.75, 3.05) is 13.2 Å². The fraction of sp³-hybridized carbons (Fsp3) is 0.316. The molecule has 146 valence electrons. The van der Waals surface area contributed by atoms with Crippen LogP contribution in [0.3, 0.4) is 0 Å². The molecule has 1 amide bonds. The lowest BCUT2D eigenvalue weighted by Gasteiger charge is -2.12. The van der Waals surface area contributed by atoms with E-state index in [1.807, 2.05) is 0 Å². The highest BCUT2D eigenvalue weighted by molar-refractivity contribution is 5.99. The number of fused-ring (bicyclic) bond motifs is 1. The van der Waals surface area contributed by atoms with Gasteiger partial charge in [0.1, 0.15) is 5.56 Å². The zero-order valence-electron chi connectivity index (χ0n) is 14.7. The van der Waals surface area contributed by atoms with Gasteiger partial charge >= 0.3 is 6.18 Å². The van der Waals surface area contributed by atoms with Gasteiger partial charge in [-0.1, -0.05) is 30.3 Å². The molecule has 4 rings (SSSR count). The largest absolute Gasteiger partial charge is 0.433 e. The quantitative estimate of drug-likeness (QED) is 0.742. The monoisotopic (exact) mass is 390 g/mol. The summed E-state index contributed by atoms with van der Waals surface area (Å²) in [6.07, 6.45) is -1.86. The highest BCUT2D eigenvalue weighted by Crippen LogP contribution is 2.32. The van der Waals surface area contributed by atoms with Crippen LogP contribution in [-0.4, -0.2) is 39.8 Å². The van der Waals surface area contributed by atoms with E-state index in [0.29, 0.717) is 23.2 Å². The minimum atomic E-state index is -4.65. The van der Waals surface area contributed by atoms with Crippen molar-refractivity contribution in [3.8, 4) is 11.3 Å². The van der Waals surface area contributed by atoms with Gasteiger partial charge < -0.3 is 10.1 Å². The molecule has 1 N–H and O–H groups in total. The number of carbonyl (C=O) groups is 1. The second kappa shape index (κ2) is 7.23. The van der Waals surface area contributed by atoms with Crippen molar-refractivity contribution >= 4 is 11.6 Å². The summed E-state index contributed by atoms with van der Waals surface area (Å²) in [6.45, 7) is 0.939. The average molecular weight is 390 g/mol. The van der Waals surface area contributed by atoms with E-state index in [2.05, 4.69) is 15.4 Å². The number of halogens is 3. The first-order valence-corrected chi connectivity index (χ1v) is 8.84. The third-order valence-electron chi connectivity index (χ3n) is 4.59. The third-order valence-corrected chi connectivity index (χ3v) is 4.59. The van der Waals surface area contributed by atoms with Gasteiger partial charge in [-0.25, -0.2) is 9.50 Å². The van der Waals surface area contributed by atoms with Crippen molar-refractivity contribution < 1.29 is 22.7 Å². The number of amides is 1. The number of carbonyl (C=O) groups excluding carboxylic acids is 1. The molecule has 0 aliphatic carbocycles. The number of hydrogen-bond donors (Lipinski definition) is 1. The van der Waals surface area contributed by atoms with Crippen molar-refractivity contribution in [2.24, 2.45) is 0 Å². The molecule has 3 aromatic rings. The fourth-order valence-electron chi connectivity index (χ4n) is 3.19. The topological polar surface area (TPSA) is 68.5 Å². The molecule has 0 spiro atoms.